The Bertz CT molecular complexity index is 282. The average Bonchev–Trinajstić information content (AvgIpc) is 2.19. The Morgan fingerprint density at radius 3 is 3.15 bits per heavy atom. The molecule has 2 heterocycles. The minimum absolute atomic E-state index is 0.185. The van der Waals surface area contributed by atoms with Crippen molar-refractivity contribution in [2.45, 2.75) is 18.8 Å². The highest BCUT2D eigenvalue weighted by atomic mass is 19.1. The molecule has 13 heavy (non-hydrogen) atoms. The van der Waals surface area contributed by atoms with Crippen LogP contribution in [0.25, 0.3) is 0 Å². The number of hydrogen-bond acceptors (Lipinski definition) is 2. The molecule has 1 atom stereocenters. The topological polar surface area (TPSA) is 24.9 Å². The lowest BCUT2D eigenvalue weighted by molar-refractivity contribution is 0.452. The largest absolute Gasteiger partial charge is 0.316 e. The predicted molar refractivity (Wildman–Crippen MR) is 49.0 cm³/mol. The molecule has 1 fully saturated rings. The molecule has 0 radical (unpaired) electrons. The van der Waals surface area contributed by atoms with Gasteiger partial charge in [0.25, 0.3) is 0 Å². The van der Waals surface area contributed by atoms with Gasteiger partial charge in [-0.1, -0.05) is 0 Å². The standard InChI is InChI=1S/C10H13FN2/c11-9-3-5-13-10(6-9)8-2-1-4-12-7-8/h3,5-6,8,12H,1-2,4,7H2. The maximum atomic E-state index is 12.9. The summed E-state index contributed by atoms with van der Waals surface area (Å²) < 4.78 is 12.9. The van der Waals surface area contributed by atoms with Crippen molar-refractivity contribution in [1.82, 2.24) is 10.3 Å². The zero-order valence-corrected chi connectivity index (χ0v) is 7.46. The van der Waals surface area contributed by atoms with E-state index in [1.807, 2.05) is 0 Å². The molecular weight excluding hydrogens is 167 g/mol. The Morgan fingerprint density at radius 2 is 2.46 bits per heavy atom. The Morgan fingerprint density at radius 1 is 1.54 bits per heavy atom. The second-order valence-corrected chi connectivity index (χ2v) is 3.44. The molecule has 0 aliphatic carbocycles. The second-order valence-electron chi connectivity index (χ2n) is 3.44. The van der Waals surface area contributed by atoms with E-state index < -0.39 is 0 Å². The Hall–Kier alpha value is -0.960. The van der Waals surface area contributed by atoms with Crippen LogP contribution in [-0.2, 0) is 0 Å². The maximum absolute atomic E-state index is 12.9. The highest BCUT2D eigenvalue weighted by molar-refractivity contribution is 5.12. The van der Waals surface area contributed by atoms with Gasteiger partial charge in [-0.05, 0) is 31.5 Å². The first-order valence-corrected chi connectivity index (χ1v) is 4.68. The van der Waals surface area contributed by atoms with Crippen LogP contribution in [0, 0.1) is 5.82 Å². The monoisotopic (exact) mass is 180 g/mol. The van der Waals surface area contributed by atoms with Crippen LogP contribution in [-0.4, -0.2) is 18.1 Å². The lowest BCUT2D eigenvalue weighted by Gasteiger charge is -2.21. The summed E-state index contributed by atoms with van der Waals surface area (Å²) in [4.78, 5) is 4.18. The maximum Gasteiger partial charge on any atom is 0.126 e. The van der Waals surface area contributed by atoms with Gasteiger partial charge in [-0.25, -0.2) is 4.39 Å². The average molecular weight is 180 g/mol. The van der Waals surface area contributed by atoms with E-state index >= 15 is 0 Å². The molecule has 1 aliphatic heterocycles. The fourth-order valence-electron chi connectivity index (χ4n) is 1.75. The first-order valence-electron chi connectivity index (χ1n) is 4.68. The molecule has 1 saturated heterocycles. The Kier molecular flexibility index (Phi) is 2.54. The van der Waals surface area contributed by atoms with Crippen LogP contribution in [0.2, 0.25) is 0 Å². The van der Waals surface area contributed by atoms with Crippen LogP contribution in [0.3, 0.4) is 0 Å². The summed E-state index contributed by atoms with van der Waals surface area (Å²) in [5, 5.41) is 3.29. The quantitative estimate of drug-likeness (QED) is 0.711. The summed E-state index contributed by atoms with van der Waals surface area (Å²) >= 11 is 0. The molecule has 2 rings (SSSR count). The number of nitrogens with one attached hydrogen (secondary N) is 1. The summed E-state index contributed by atoms with van der Waals surface area (Å²) in [6.45, 7) is 2.00. The SMILES string of the molecule is Fc1ccnc(C2CCCNC2)c1. The molecule has 0 amide bonds. The number of piperidine rings is 1. The third kappa shape index (κ3) is 2.04. The highest BCUT2D eigenvalue weighted by Crippen LogP contribution is 2.21. The third-order valence-corrected chi connectivity index (χ3v) is 2.46. The fourth-order valence-corrected chi connectivity index (χ4v) is 1.75. The van der Waals surface area contributed by atoms with E-state index in [1.54, 1.807) is 6.20 Å². The van der Waals surface area contributed by atoms with Crippen molar-refractivity contribution < 1.29 is 4.39 Å². The van der Waals surface area contributed by atoms with Gasteiger partial charge in [0, 0.05) is 24.4 Å². The Labute approximate surface area is 77.2 Å². The van der Waals surface area contributed by atoms with E-state index in [1.165, 1.54) is 12.1 Å². The molecule has 0 spiro atoms. The molecule has 1 N–H and O–H groups in total. The zero-order valence-electron chi connectivity index (χ0n) is 7.46. The number of pyridine rings is 1. The van der Waals surface area contributed by atoms with E-state index in [0.29, 0.717) is 5.92 Å². The van der Waals surface area contributed by atoms with Crippen LogP contribution in [0.5, 0.6) is 0 Å². The molecule has 0 aromatic carbocycles. The molecule has 3 heteroatoms. The lowest BCUT2D eigenvalue weighted by Crippen LogP contribution is -2.28. The van der Waals surface area contributed by atoms with Crippen LogP contribution in [0.1, 0.15) is 24.5 Å². The van der Waals surface area contributed by atoms with Crippen LogP contribution in [0.15, 0.2) is 18.3 Å². The normalized spacial score (nSPS) is 23.0. The first kappa shape index (κ1) is 8.63. The number of halogens is 1. The van der Waals surface area contributed by atoms with Crippen molar-refractivity contribution in [1.29, 1.82) is 0 Å². The van der Waals surface area contributed by atoms with Crippen LogP contribution in [0.4, 0.5) is 4.39 Å². The first-order chi connectivity index (χ1) is 6.36. The van der Waals surface area contributed by atoms with Gasteiger partial charge in [-0.3, -0.25) is 4.98 Å². The van der Waals surface area contributed by atoms with E-state index in [9.17, 15) is 4.39 Å². The molecular formula is C10H13FN2. The van der Waals surface area contributed by atoms with Crippen molar-refractivity contribution >= 4 is 0 Å². The summed E-state index contributed by atoms with van der Waals surface area (Å²) in [6.07, 6.45) is 3.81. The summed E-state index contributed by atoms with van der Waals surface area (Å²) in [5.41, 5.74) is 0.882. The van der Waals surface area contributed by atoms with Gasteiger partial charge in [-0.15, -0.1) is 0 Å². The van der Waals surface area contributed by atoms with E-state index in [2.05, 4.69) is 10.3 Å². The number of aromatic nitrogens is 1. The van der Waals surface area contributed by atoms with Gasteiger partial charge in [0.2, 0.25) is 0 Å². The molecule has 0 bridgehead atoms. The second kappa shape index (κ2) is 3.83. The number of rotatable bonds is 1. The van der Waals surface area contributed by atoms with Crippen LogP contribution < -0.4 is 5.32 Å². The van der Waals surface area contributed by atoms with Crippen molar-refractivity contribution in [2.75, 3.05) is 13.1 Å². The minimum atomic E-state index is -0.185. The molecule has 0 saturated carbocycles. The molecule has 1 aromatic heterocycles. The summed E-state index contributed by atoms with van der Waals surface area (Å²) in [6, 6.07) is 2.93. The van der Waals surface area contributed by atoms with Gasteiger partial charge >= 0.3 is 0 Å². The Balaban J connectivity index is 2.14. The van der Waals surface area contributed by atoms with Gasteiger partial charge in [0.15, 0.2) is 0 Å². The van der Waals surface area contributed by atoms with E-state index in [4.69, 9.17) is 0 Å². The van der Waals surface area contributed by atoms with Gasteiger partial charge in [-0.2, -0.15) is 0 Å². The zero-order chi connectivity index (χ0) is 9.10. The smallest absolute Gasteiger partial charge is 0.126 e. The van der Waals surface area contributed by atoms with Gasteiger partial charge < -0.3 is 5.32 Å². The van der Waals surface area contributed by atoms with E-state index in [-0.39, 0.29) is 5.82 Å². The number of hydrogen-bond donors (Lipinski definition) is 1. The van der Waals surface area contributed by atoms with E-state index in [0.717, 1.165) is 31.6 Å². The number of nitrogens with zero attached hydrogens (tertiary/aromatic N) is 1. The lowest BCUT2D eigenvalue weighted by atomic mass is 9.96. The molecule has 1 aliphatic rings. The van der Waals surface area contributed by atoms with Crippen molar-refractivity contribution in [3.63, 3.8) is 0 Å². The van der Waals surface area contributed by atoms with Gasteiger partial charge in [0.1, 0.15) is 5.82 Å². The van der Waals surface area contributed by atoms with Crippen LogP contribution >= 0.6 is 0 Å². The molecule has 2 nitrogen and oxygen atoms in total. The van der Waals surface area contributed by atoms with Crippen molar-refractivity contribution in [2.24, 2.45) is 0 Å². The predicted octanol–water partition coefficient (Wildman–Crippen LogP) is 1.69. The molecule has 70 valence electrons. The molecule has 1 aromatic rings. The van der Waals surface area contributed by atoms with Crippen molar-refractivity contribution in [3.05, 3.63) is 29.8 Å². The fraction of sp³-hybridized carbons (Fsp3) is 0.500. The van der Waals surface area contributed by atoms with Crippen molar-refractivity contribution in [3.8, 4) is 0 Å². The van der Waals surface area contributed by atoms with Gasteiger partial charge in [0.05, 0.1) is 0 Å². The third-order valence-electron chi connectivity index (χ3n) is 2.46. The summed E-state index contributed by atoms with van der Waals surface area (Å²) in [7, 11) is 0. The molecule has 1 unspecified atom stereocenters. The summed E-state index contributed by atoms with van der Waals surface area (Å²) in [5.74, 6) is 0.208. The highest BCUT2D eigenvalue weighted by Gasteiger charge is 2.16. The minimum Gasteiger partial charge on any atom is -0.316 e.